The lowest BCUT2D eigenvalue weighted by Crippen LogP contribution is -2.46. The van der Waals surface area contributed by atoms with Crippen LogP contribution < -0.4 is 4.74 Å². The third-order valence-electron chi connectivity index (χ3n) is 10.3. The standard InChI is InChI=1S/C38H34ClF2N7O2/c1-21(40)38(49)47-16-13-26(17-25(47)12-14-42)48-36-28-18-30(39)33(27-10-5-8-23-7-4-9-24(19-43)32(23)27)34(41)35(28)45-37(29(36)20-44-48)50-22(2)31-11-6-15-46(31)3/h4-5,7-10,18,20,22,25-26,31H,1,6,11-13,15-17H2,2-3H3/t22-,25+,26-,31-/m0/s1. The minimum Gasteiger partial charge on any atom is -0.472 e. The van der Waals surface area contributed by atoms with Gasteiger partial charge in [0.1, 0.15) is 11.6 Å². The Bertz CT molecular complexity index is 2270. The van der Waals surface area contributed by atoms with Crippen molar-refractivity contribution in [3.05, 3.63) is 77.5 Å². The highest BCUT2D eigenvalue weighted by molar-refractivity contribution is 6.35. The van der Waals surface area contributed by atoms with Crippen LogP contribution in [0.4, 0.5) is 8.78 Å². The molecule has 0 N–H and O–H groups in total. The summed E-state index contributed by atoms with van der Waals surface area (Å²) >= 11 is 6.98. The maximum atomic E-state index is 17.2. The van der Waals surface area contributed by atoms with Gasteiger partial charge in [-0.2, -0.15) is 15.6 Å². The van der Waals surface area contributed by atoms with Gasteiger partial charge in [0, 0.05) is 35.0 Å². The van der Waals surface area contributed by atoms with Gasteiger partial charge >= 0.3 is 0 Å². The van der Waals surface area contributed by atoms with Gasteiger partial charge in [0.2, 0.25) is 5.88 Å². The molecule has 2 fully saturated rings. The van der Waals surface area contributed by atoms with Crippen LogP contribution in [-0.4, -0.2) is 68.8 Å². The molecule has 254 valence electrons. The van der Waals surface area contributed by atoms with Gasteiger partial charge in [0.25, 0.3) is 5.91 Å². The Morgan fingerprint density at radius 3 is 2.66 bits per heavy atom. The van der Waals surface area contributed by atoms with E-state index < -0.39 is 23.6 Å². The van der Waals surface area contributed by atoms with Crippen molar-refractivity contribution in [3.63, 3.8) is 0 Å². The average Bonchev–Trinajstić information content (AvgIpc) is 3.75. The Balaban J connectivity index is 1.43. The fraction of sp³-hybridized carbons (Fsp3) is 0.342. The van der Waals surface area contributed by atoms with Crippen LogP contribution in [-0.2, 0) is 4.79 Å². The molecular formula is C38H34ClF2N7O2. The second kappa shape index (κ2) is 13.3. The van der Waals surface area contributed by atoms with E-state index in [1.165, 1.54) is 4.90 Å². The van der Waals surface area contributed by atoms with Crippen molar-refractivity contribution in [3.8, 4) is 29.1 Å². The van der Waals surface area contributed by atoms with Gasteiger partial charge in [0.15, 0.2) is 11.6 Å². The SMILES string of the molecule is C=C(F)C(=O)N1CC[C@H](n2ncc3c(O[C@@H](C)[C@@H]4CCCN4C)nc4c(F)c(-c5cccc6cccc(C#N)c56)c(Cl)cc4c32)C[C@H]1CC#N. The average molecular weight is 694 g/mol. The van der Waals surface area contributed by atoms with E-state index in [-0.39, 0.29) is 53.1 Å². The molecule has 0 aliphatic carbocycles. The van der Waals surface area contributed by atoms with E-state index in [4.69, 9.17) is 26.4 Å². The van der Waals surface area contributed by atoms with Gasteiger partial charge in [-0.05, 0) is 69.3 Å². The molecule has 7 rings (SSSR count). The smallest absolute Gasteiger partial charge is 0.282 e. The molecule has 3 aromatic carbocycles. The van der Waals surface area contributed by atoms with Crippen molar-refractivity contribution in [1.29, 1.82) is 10.5 Å². The van der Waals surface area contributed by atoms with Crippen molar-refractivity contribution in [2.75, 3.05) is 20.1 Å². The summed E-state index contributed by atoms with van der Waals surface area (Å²) in [5.74, 6) is -2.35. The predicted molar refractivity (Wildman–Crippen MR) is 188 cm³/mol. The Kier molecular flexibility index (Phi) is 8.89. The lowest BCUT2D eigenvalue weighted by atomic mass is 9.93. The van der Waals surface area contributed by atoms with E-state index in [2.05, 4.69) is 30.7 Å². The van der Waals surface area contributed by atoms with Gasteiger partial charge in [-0.3, -0.25) is 14.4 Å². The fourth-order valence-electron chi connectivity index (χ4n) is 7.86. The Labute approximate surface area is 292 Å². The maximum absolute atomic E-state index is 17.2. The number of amides is 1. The van der Waals surface area contributed by atoms with Crippen molar-refractivity contribution in [2.24, 2.45) is 0 Å². The lowest BCUT2D eigenvalue weighted by Gasteiger charge is -2.38. The Morgan fingerprint density at radius 1 is 1.18 bits per heavy atom. The molecule has 0 radical (unpaired) electrons. The molecule has 50 heavy (non-hydrogen) atoms. The summed E-state index contributed by atoms with van der Waals surface area (Å²) in [5, 5.41) is 26.7. The van der Waals surface area contributed by atoms with E-state index in [0.29, 0.717) is 45.6 Å². The zero-order chi connectivity index (χ0) is 35.3. The first-order chi connectivity index (χ1) is 24.1. The minimum absolute atomic E-state index is 0.00264. The van der Waals surface area contributed by atoms with Crippen LogP contribution in [0.15, 0.2) is 61.1 Å². The number of ether oxygens (including phenoxy) is 1. The first kappa shape index (κ1) is 33.4. The topological polar surface area (TPSA) is 111 Å². The van der Waals surface area contributed by atoms with Gasteiger partial charge in [-0.1, -0.05) is 48.5 Å². The fourth-order valence-corrected chi connectivity index (χ4v) is 8.16. The van der Waals surface area contributed by atoms with Gasteiger partial charge < -0.3 is 9.64 Å². The number of hydrogen-bond acceptors (Lipinski definition) is 7. The molecule has 1 amide bonds. The molecule has 4 heterocycles. The van der Waals surface area contributed by atoms with E-state index in [1.54, 1.807) is 41.2 Å². The number of benzene rings is 3. The van der Waals surface area contributed by atoms with Crippen LogP contribution in [0, 0.1) is 28.5 Å². The number of carbonyl (C=O) groups is 1. The molecule has 0 unspecified atom stereocenters. The number of hydrogen-bond donors (Lipinski definition) is 0. The number of aromatic nitrogens is 3. The van der Waals surface area contributed by atoms with E-state index in [1.807, 2.05) is 19.1 Å². The molecule has 2 aromatic heterocycles. The highest BCUT2D eigenvalue weighted by Gasteiger charge is 2.36. The number of halogens is 3. The maximum Gasteiger partial charge on any atom is 0.282 e. The molecule has 2 aliphatic heterocycles. The number of nitriles is 2. The van der Waals surface area contributed by atoms with Gasteiger partial charge in [-0.25, -0.2) is 13.8 Å². The number of likely N-dealkylation sites (tertiary alicyclic amines) is 2. The number of carbonyl (C=O) groups excluding carboxylic acids is 1. The first-order valence-corrected chi connectivity index (χ1v) is 17.0. The molecule has 2 aliphatic rings. The van der Waals surface area contributed by atoms with Crippen LogP contribution in [0.25, 0.3) is 43.7 Å². The molecular weight excluding hydrogens is 660 g/mol. The van der Waals surface area contributed by atoms with Crippen molar-refractivity contribution in [1.82, 2.24) is 24.6 Å². The molecule has 5 aromatic rings. The number of piperidine rings is 1. The summed E-state index contributed by atoms with van der Waals surface area (Å²) in [7, 11) is 2.06. The minimum atomic E-state index is -1.08. The summed E-state index contributed by atoms with van der Waals surface area (Å²) in [6.07, 6.45) is 4.08. The molecule has 4 atom stereocenters. The van der Waals surface area contributed by atoms with E-state index >= 15 is 4.39 Å². The van der Waals surface area contributed by atoms with Crippen LogP contribution in [0.2, 0.25) is 5.02 Å². The van der Waals surface area contributed by atoms with Gasteiger partial charge in [-0.15, -0.1) is 0 Å². The van der Waals surface area contributed by atoms with E-state index in [0.717, 1.165) is 24.8 Å². The molecule has 0 bridgehead atoms. The highest BCUT2D eigenvalue weighted by atomic mass is 35.5. The number of nitrogens with zero attached hydrogens (tertiary/aromatic N) is 7. The van der Waals surface area contributed by atoms with E-state index in [9.17, 15) is 19.7 Å². The normalized spacial score (nSPS) is 20.2. The summed E-state index contributed by atoms with van der Waals surface area (Å²) in [5.41, 5.74) is 1.56. The van der Waals surface area contributed by atoms with Crippen molar-refractivity contribution in [2.45, 2.75) is 63.3 Å². The third-order valence-corrected chi connectivity index (χ3v) is 10.5. The Morgan fingerprint density at radius 2 is 1.96 bits per heavy atom. The third kappa shape index (κ3) is 5.61. The number of fused-ring (bicyclic) bond motifs is 4. The Hall–Kier alpha value is -5.10. The first-order valence-electron chi connectivity index (χ1n) is 16.6. The lowest BCUT2D eigenvalue weighted by molar-refractivity contribution is -0.132. The van der Waals surface area contributed by atoms with Gasteiger partial charge in [0.05, 0.1) is 52.3 Å². The number of likely N-dealkylation sites (N-methyl/N-ethyl adjacent to an activating group) is 1. The van der Waals surface area contributed by atoms with Crippen molar-refractivity contribution >= 4 is 50.1 Å². The largest absolute Gasteiger partial charge is 0.472 e. The number of pyridine rings is 1. The van der Waals surface area contributed by atoms with Crippen molar-refractivity contribution < 1.29 is 18.3 Å². The van der Waals surface area contributed by atoms with Crippen LogP contribution in [0.1, 0.15) is 50.6 Å². The highest BCUT2D eigenvalue weighted by Crippen LogP contribution is 2.44. The van der Waals surface area contributed by atoms with Crippen LogP contribution in [0.5, 0.6) is 5.88 Å². The summed E-state index contributed by atoms with van der Waals surface area (Å²) in [4.78, 5) is 21.0. The zero-order valence-corrected chi connectivity index (χ0v) is 28.4. The summed E-state index contributed by atoms with van der Waals surface area (Å²) in [6, 6.07) is 16.0. The zero-order valence-electron chi connectivity index (χ0n) is 27.7. The molecule has 12 heteroatoms. The summed E-state index contributed by atoms with van der Waals surface area (Å²) < 4.78 is 39.5. The second-order valence-corrected chi connectivity index (χ2v) is 13.6. The van der Waals surface area contributed by atoms with Crippen LogP contribution in [0.3, 0.4) is 0 Å². The molecule has 0 spiro atoms. The quantitative estimate of drug-likeness (QED) is 0.160. The monoisotopic (exact) mass is 693 g/mol. The number of rotatable bonds is 7. The second-order valence-electron chi connectivity index (χ2n) is 13.1. The molecule has 9 nitrogen and oxygen atoms in total. The molecule has 0 saturated carbocycles. The predicted octanol–water partition coefficient (Wildman–Crippen LogP) is 7.86. The van der Waals surface area contributed by atoms with Crippen LogP contribution >= 0.6 is 11.6 Å². The summed E-state index contributed by atoms with van der Waals surface area (Å²) in [6.45, 7) is 6.27. The molecule has 2 saturated heterocycles.